The van der Waals surface area contributed by atoms with Crippen molar-refractivity contribution in [2.45, 2.75) is 43.0 Å². The molecule has 0 atom stereocenters. The number of nitrogens with one attached hydrogen (secondary N) is 2. The Kier molecular flexibility index (Phi) is 5.97. The second-order valence-electron chi connectivity index (χ2n) is 7.43. The van der Waals surface area contributed by atoms with E-state index in [0.29, 0.717) is 5.69 Å². The lowest BCUT2D eigenvalue weighted by atomic mass is 9.94. The number of pyridine rings is 1. The number of aromatic nitrogens is 1. The molecule has 1 aromatic heterocycles. The third-order valence-electron chi connectivity index (χ3n) is 5.34. The van der Waals surface area contributed by atoms with E-state index in [1.807, 2.05) is 0 Å². The van der Waals surface area contributed by atoms with Gasteiger partial charge in [-0.25, -0.2) is 13.4 Å². The minimum Gasteiger partial charge on any atom is -0.350 e. The van der Waals surface area contributed by atoms with Crippen LogP contribution in [0.3, 0.4) is 0 Å². The van der Waals surface area contributed by atoms with Crippen molar-refractivity contribution < 1.29 is 18.0 Å². The summed E-state index contributed by atoms with van der Waals surface area (Å²) in [6.07, 6.45) is 6.10. The zero-order valence-electron chi connectivity index (χ0n) is 16.5. The van der Waals surface area contributed by atoms with Crippen LogP contribution in [-0.4, -0.2) is 36.2 Å². The molecule has 0 saturated heterocycles. The van der Waals surface area contributed by atoms with Gasteiger partial charge in [-0.15, -0.1) is 0 Å². The molecule has 162 valence electrons. The summed E-state index contributed by atoms with van der Waals surface area (Å²) in [7, 11) is -3.82. The van der Waals surface area contributed by atoms with Gasteiger partial charge in [-0.1, -0.05) is 36.9 Å². The highest BCUT2D eigenvalue weighted by Crippen LogP contribution is 2.32. The van der Waals surface area contributed by atoms with E-state index in [4.69, 9.17) is 11.6 Å². The molecule has 0 spiro atoms. The first-order valence-corrected chi connectivity index (χ1v) is 11.8. The van der Waals surface area contributed by atoms with Gasteiger partial charge in [0, 0.05) is 17.9 Å². The van der Waals surface area contributed by atoms with Gasteiger partial charge in [-0.2, -0.15) is 0 Å². The number of halogens is 1. The maximum Gasteiger partial charge on any atom is 0.279 e. The molecule has 31 heavy (non-hydrogen) atoms. The Morgan fingerprint density at radius 3 is 2.32 bits per heavy atom. The monoisotopic (exact) mass is 460 g/mol. The molecule has 1 saturated carbocycles. The van der Waals surface area contributed by atoms with E-state index in [9.17, 15) is 18.0 Å². The van der Waals surface area contributed by atoms with Crippen LogP contribution in [0.25, 0.3) is 0 Å². The largest absolute Gasteiger partial charge is 0.350 e. The van der Waals surface area contributed by atoms with Crippen LogP contribution in [0.15, 0.2) is 64.3 Å². The van der Waals surface area contributed by atoms with Gasteiger partial charge in [0.15, 0.2) is 0 Å². The van der Waals surface area contributed by atoms with Gasteiger partial charge in [-0.05, 0) is 49.2 Å². The molecule has 2 heterocycles. The average molecular weight is 461 g/mol. The highest BCUT2D eigenvalue weighted by molar-refractivity contribution is 7.92. The average Bonchev–Trinajstić information content (AvgIpc) is 2.98. The number of carbonyl (C=O) groups is 2. The first-order valence-electron chi connectivity index (χ1n) is 9.95. The molecule has 10 heteroatoms. The topological polar surface area (TPSA) is 108 Å². The van der Waals surface area contributed by atoms with E-state index in [0.717, 1.165) is 32.1 Å². The van der Waals surface area contributed by atoms with Crippen LogP contribution in [0.2, 0.25) is 0 Å². The fourth-order valence-electron chi connectivity index (χ4n) is 3.78. The normalized spacial score (nSPS) is 17.9. The van der Waals surface area contributed by atoms with Crippen LogP contribution in [0, 0.1) is 0 Å². The molecule has 0 radical (unpaired) electrons. The van der Waals surface area contributed by atoms with Crippen molar-refractivity contribution in [1.29, 1.82) is 0 Å². The van der Waals surface area contributed by atoms with Crippen LogP contribution >= 0.6 is 11.6 Å². The summed E-state index contributed by atoms with van der Waals surface area (Å²) in [5.74, 6) is -0.727. The van der Waals surface area contributed by atoms with Gasteiger partial charge in [-0.3, -0.25) is 19.2 Å². The number of hydrogen-bond acceptors (Lipinski definition) is 6. The molecule has 1 aliphatic carbocycles. The number of carbonyl (C=O) groups excluding carboxylic acids is 2. The van der Waals surface area contributed by atoms with Crippen molar-refractivity contribution in [2.75, 3.05) is 10.0 Å². The predicted molar refractivity (Wildman–Crippen MR) is 117 cm³/mol. The van der Waals surface area contributed by atoms with Gasteiger partial charge >= 0.3 is 0 Å². The number of sulfonamides is 1. The molecule has 0 bridgehead atoms. The molecule has 2 aromatic rings. The van der Waals surface area contributed by atoms with Crippen LogP contribution in [0.5, 0.6) is 0 Å². The highest BCUT2D eigenvalue weighted by atomic mass is 35.5. The number of anilines is 2. The molecule has 4 rings (SSSR count). The molecule has 1 fully saturated rings. The van der Waals surface area contributed by atoms with Crippen LogP contribution in [-0.2, 0) is 19.6 Å². The maximum absolute atomic E-state index is 12.8. The summed E-state index contributed by atoms with van der Waals surface area (Å²) in [6, 6.07) is 10.6. The van der Waals surface area contributed by atoms with Gasteiger partial charge in [0.25, 0.3) is 21.8 Å². The Bertz CT molecular complexity index is 1130. The lowest BCUT2D eigenvalue weighted by Gasteiger charge is -2.29. The van der Waals surface area contributed by atoms with E-state index >= 15 is 0 Å². The number of benzene rings is 1. The summed E-state index contributed by atoms with van der Waals surface area (Å²) < 4.78 is 27.4. The zero-order valence-corrected chi connectivity index (χ0v) is 18.1. The lowest BCUT2D eigenvalue weighted by molar-refractivity contribution is -0.140. The minimum atomic E-state index is -3.82. The second kappa shape index (κ2) is 8.68. The van der Waals surface area contributed by atoms with Gasteiger partial charge in [0.2, 0.25) is 0 Å². The minimum absolute atomic E-state index is 0.0134. The Hall–Kier alpha value is -2.91. The summed E-state index contributed by atoms with van der Waals surface area (Å²) in [5.41, 5.74) is 0.455. The Morgan fingerprint density at radius 1 is 0.968 bits per heavy atom. The number of hydrogen-bond donors (Lipinski definition) is 2. The van der Waals surface area contributed by atoms with Crippen LogP contribution in [0.1, 0.15) is 32.1 Å². The number of amides is 2. The molecule has 2 amide bonds. The molecule has 2 aliphatic rings. The van der Waals surface area contributed by atoms with E-state index in [1.165, 1.54) is 35.4 Å². The maximum atomic E-state index is 12.8. The quantitative estimate of drug-likeness (QED) is 0.639. The van der Waals surface area contributed by atoms with Gasteiger partial charge < -0.3 is 5.32 Å². The SMILES string of the molecule is O=C1C(Cl)=C(Nc2ccc(S(=O)(=O)Nc3ccccn3)cc2)C(=O)N1C1CCCCC1. The van der Waals surface area contributed by atoms with E-state index in [-0.39, 0.29) is 27.5 Å². The molecular weight excluding hydrogens is 440 g/mol. The van der Waals surface area contributed by atoms with Gasteiger partial charge in [0.1, 0.15) is 16.5 Å². The molecule has 2 N–H and O–H groups in total. The lowest BCUT2D eigenvalue weighted by Crippen LogP contribution is -2.42. The smallest absolute Gasteiger partial charge is 0.279 e. The first kappa shape index (κ1) is 21.3. The third-order valence-corrected chi connectivity index (χ3v) is 7.06. The van der Waals surface area contributed by atoms with Crippen LogP contribution in [0.4, 0.5) is 11.5 Å². The van der Waals surface area contributed by atoms with Crippen molar-refractivity contribution >= 4 is 44.9 Å². The number of imide groups is 1. The zero-order chi connectivity index (χ0) is 22.0. The van der Waals surface area contributed by atoms with Gasteiger partial charge in [0.05, 0.1) is 4.90 Å². The standard InChI is InChI=1S/C21H21ClN4O4S/c22-18-19(21(28)26(20(18)27)15-6-2-1-3-7-15)24-14-9-11-16(12-10-14)31(29,30)25-17-8-4-5-13-23-17/h4-5,8-13,15,24H,1-3,6-7H2,(H,23,25). The Morgan fingerprint density at radius 2 is 1.68 bits per heavy atom. The Labute approximate surface area is 185 Å². The fraction of sp³-hybridized carbons (Fsp3) is 0.286. The molecular formula is C21H21ClN4O4S. The summed E-state index contributed by atoms with van der Waals surface area (Å²) in [6.45, 7) is 0. The van der Waals surface area contributed by atoms with Crippen molar-refractivity contribution in [3.8, 4) is 0 Å². The second-order valence-corrected chi connectivity index (χ2v) is 9.49. The molecule has 0 unspecified atom stereocenters. The van der Waals surface area contributed by atoms with Crippen molar-refractivity contribution in [2.24, 2.45) is 0 Å². The third kappa shape index (κ3) is 4.42. The van der Waals surface area contributed by atoms with E-state index in [1.54, 1.807) is 18.2 Å². The first-order chi connectivity index (χ1) is 14.9. The fourth-order valence-corrected chi connectivity index (χ4v) is 5.01. The summed E-state index contributed by atoms with van der Waals surface area (Å²) in [4.78, 5) is 30.6. The van der Waals surface area contributed by atoms with E-state index in [2.05, 4.69) is 15.0 Å². The predicted octanol–water partition coefficient (Wildman–Crippen LogP) is 3.45. The number of rotatable bonds is 6. The number of nitrogens with zero attached hydrogens (tertiary/aromatic N) is 2. The van der Waals surface area contributed by atoms with Crippen molar-refractivity contribution in [3.05, 3.63) is 59.4 Å². The van der Waals surface area contributed by atoms with Crippen molar-refractivity contribution in [3.63, 3.8) is 0 Å². The summed E-state index contributed by atoms with van der Waals surface area (Å²) in [5, 5.41) is 2.73. The highest BCUT2D eigenvalue weighted by Gasteiger charge is 2.42. The Balaban J connectivity index is 1.48. The molecule has 1 aliphatic heterocycles. The summed E-state index contributed by atoms with van der Waals surface area (Å²) >= 11 is 6.17. The molecule has 1 aromatic carbocycles. The van der Waals surface area contributed by atoms with Crippen LogP contribution < -0.4 is 10.0 Å². The van der Waals surface area contributed by atoms with Crippen molar-refractivity contribution in [1.82, 2.24) is 9.88 Å². The molecule has 8 nitrogen and oxygen atoms in total. The van der Waals surface area contributed by atoms with E-state index < -0.39 is 21.8 Å².